The molecule has 2 aromatic carbocycles. The number of nitro groups is 1. The van der Waals surface area contributed by atoms with Crippen LogP contribution in [0.5, 0.6) is 5.75 Å². The number of hydrogen-bond acceptors (Lipinski definition) is 8. The maximum atomic E-state index is 11.5. The van der Waals surface area contributed by atoms with Gasteiger partial charge in [-0.1, -0.05) is 26.0 Å². The molecule has 0 aliphatic carbocycles. The van der Waals surface area contributed by atoms with Gasteiger partial charge in [0.25, 0.3) is 5.69 Å². The fourth-order valence-electron chi connectivity index (χ4n) is 3.66. The minimum Gasteiger partial charge on any atom is -0.494 e. The largest absolute Gasteiger partial charge is 0.494 e. The summed E-state index contributed by atoms with van der Waals surface area (Å²) in [6.07, 6.45) is 2.44. The molecule has 0 aliphatic heterocycles. The van der Waals surface area contributed by atoms with Crippen LogP contribution in [0.25, 0.3) is 10.9 Å². The monoisotopic (exact) mass is 452 g/mol. The van der Waals surface area contributed by atoms with Crippen LogP contribution in [0.1, 0.15) is 32.8 Å². The Morgan fingerprint density at radius 3 is 2.64 bits per heavy atom. The van der Waals surface area contributed by atoms with Gasteiger partial charge in [0.15, 0.2) is 0 Å². The Morgan fingerprint density at radius 1 is 1.09 bits per heavy atom. The second kappa shape index (κ2) is 12.0. The average Bonchev–Trinajstić information content (AvgIpc) is 2.82. The fourth-order valence-corrected chi connectivity index (χ4v) is 3.66. The van der Waals surface area contributed by atoms with Crippen LogP contribution in [0.2, 0.25) is 0 Å². The Labute approximate surface area is 194 Å². The van der Waals surface area contributed by atoms with Crippen LogP contribution in [-0.2, 0) is 6.54 Å². The summed E-state index contributed by atoms with van der Waals surface area (Å²) in [5.74, 6) is 1.38. The van der Waals surface area contributed by atoms with E-state index in [1.165, 1.54) is 12.4 Å². The van der Waals surface area contributed by atoms with Crippen molar-refractivity contribution >= 4 is 28.1 Å². The molecule has 1 aromatic heterocycles. The van der Waals surface area contributed by atoms with E-state index >= 15 is 0 Å². The molecule has 0 saturated carbocycles. The molecule has 1 heterocycles. The number of anilines is 2. The lowest BCUT2D eigenvalue weighted by atomic mass is 10.1. The van der Waals surface area contributed by atoms with Gasteiger partial charge in [-0.15, -0.1) is 0 Å². The van der Waals surface area contributed by atoms with Crippen LogP contribution in [0.3, 0.4) is 0 Å². The smallest absolute Gasteiger partial charge is 0.293 e. The van der Waals surface area contributed by atoms with Crippen molar-refractivity contribution < 1.29 is 9.66 Å². The van der Waals surface area contributed by atoms with Crippen molar-refractivity contribution in [3.63, 3.8) is 0 Å². The van der Waals surface area contributed by atoms with Gasteiger partial charge in [-0.25, -0.2) is 9.97 Å². The Hall–Kier alpha value is -3.46. The Bertz CT molecular complexity index is 1070. The summed E-state index contributed by atoms with van der Waals surface area (Å²) in [7, 11) is 0. The van der Waals surface area contributed by atoms with E-state index in [0.717, 1.165) is 37.4 Å². The van der Waals surface area contributed by atoms with E-state index < -0.39 is 4.92 Å². The first-order valence-corrected chi connectivity index (χ1v) is 11.4. The minimum atomic E-state index is -0.394. The summed E-state index contributed by atoms with van der Waals surface area (Å²) in [6, 6.07) is 11.1. The maximum absolute atomic E-state index is 11.5. The molecule has 0 amide bonds. The van der Waals surface area contributed by atoms with Gasteiger partial charge in [-0.3, -0.25) is 10.1 Å². The highest BCUT2D eigenvalue weighted by Gasteiger charge is 2.17. The molecule has 3 rings (SSSR count). The number of nitro benzene ring substituents is 1. The third kappa shape index (κ3) is 6.52. The number of ether oxygens (including phenoxy) is 1. The van der Waals surface area contributed by atoms with Gasteiger partial charge in [-0.05, 0) is 50.2 Å². The summed E-state index contributed by atoms with van der Waals surface area (Å²) in [5.41, 5.74) is 2.12. The van der Waals surface area contributed by atoms with Crippen molar-refractivity contribution in [3.05, 3.63) is 58.4 Å². The Kier molecular flexibility index (Phi) is 8.77. The average molecular weight is 453 g/mol. The molecule has 0 unspecified atom stereocenters. The summed E-state index contributed by atoms with van der Waals surface area (Å²) >= 11 is 0. The van der Waals surface area contributed by atoms with E-state index in [1.807, 2.05) is 31.2 Å². The normalized spacial score (nSPS) is 11.0. The quantitative estimate of drug-likeness (QED) is 0.219. The van der Waals surface area contributed by atoms with Crippen molar-refractivity contribution in [2.75, 3.05) is 43.4 Å². The van der Waals surface area contributed by atoms with Crippen molar-refractivity contribution in [3.8, 4) is 5.75 Å². The van der Waals surface area contributed by atoms with E-state index in [1.54, 1.807) is 6.07 Å². The van der Waals surface area contributed by atoms with E-state index in [2.05, 4.69) is 39.3 Å². The molecule has 3 aromatic rings. The number of fused-ring (bicyclic) bond motifs is 1. The number of rotatable bonds is 13. The predicted molar refractivity (Wildman–Crippen MR) is 132 cm³/mol. The van der Waals surface area contributed by atoms with Gasteiger partial charge in [-0.2, -0.15) is 0 Å². The van der Waals surface area contributed by atoms with Gasteiger partial charge >= 0.3 is 0 Å². The molecule has 9 nitrogen and oxygen atoms in total. The van der Waals surface area contributed by atoms with Gasteiger partial charge in [0.05, 0.1) is 17.0 Å². The number of nitrogens with one attached hydrogen (secondary N) is 2. The van der Waals surface area contributed by atoms with Crippen LogP contribution < -0.4 is 15.4 Å². The summed E-state index contributed by atoms with van der Waals surface area (Å²) < 4.78 is 5.92. The van der Waals surface area contributed by atoms with E-state index in [-0.39, 0.29) is 5.69 Å². The lowest BCUT2D eigenvalue weighted by molar-refractivity contribution is -0.383. The lowest BCUT2D eigenvalue weighted by Gasteiger charge is -2.17. The first-order chi connectivity index (χ1) is 16.0. The van der Waals surface area contributed by atoms with E-state index in [9.17, 15) is 10.1 Å². The molecule has 0 bridgehead atoms. The third-order valence-corrected chi connectivity index (χ3v) is 5.46. The molecular weight excluding hydrogens is 420 g/mol. The highest BCUT2D eigenvalue weighted by Crippen LogP contribution is 2.32. The minimum absolute atomic E-state index is 0.00214. The van der Waals surface area contributed by atoms with Gasteiger partial charge in [0.2, 0.25) is 0 Å². The van der Waals surface area contributed by atoms with Crippen molar-refractivity contribution in [2.45, 2.75) is 33.7 Å². The molecule has 0 atom stereocenters. The van der Waals surface area contributed by atoms with Gasteiger partial charge in [0.1, 0.15) is 23.6 Å². The number of aromatic nitrogens is 2. The molecular formula is C24H32N6O3. The first-order valence-electron chi connectivity index (χ1n) is 11.4. The molecule has 9 heteroatoms. The molecule has 0 fully saturated rings. The fraction of sp³-hybridized carbons (Fsp3) is 0.417. The molecule has 0 aliphatic rings. The number of nitrogens with zero attached hydrogens (tertiary/aromatic N) is 4. The zero-order chi connectivity index (χ0) is 23.6. The van der Waals surface area contributed by atoms with Crippen LogP contribution >= 0.6 is 0 Å². The standard InChI is InChI=1S/C24H32N6O3/c1-4-25-22-15-21-20(14-23(22)30(31)32)24(28-17-27-21)26-16-18-9-7-10-19(13-18)33-12-8-11-29(5-2)6-3/h7,9-10,13-15,17,25H,4-6,8,11-12,16H2,1-3H3,(H,26,27,28). The van der Waals surface area contributed by atoms with Crippen molar-refractivity contribution in [1.82, 2.24) is 14.9 Å². The molecule has 176 valence electrons. The summed E-state index contributed by atoms with van der Waals surface area (Å²) in [5, 5.41) is 18.5. The maximum Gasteiger partial charge on any atom is 0.293 e. The highest BCUT2D eigenvalue weighted by atomic mass is 16.6. The molecule has 2 N–H and O–H groups in total. The molecule has 0 radical (unpaired) electrons. The second-order valence-corrected chi connectivity index (χ2v) is 7.63. The summed E-state index contributed by atoms with van der Waals surface area (Å²) in [6.45, 7) is 11.1. The SMILES string of the molecule is CCNc1cc2ncnc(NCc3cccc(OCCCN(CC)CC)c3)c2cc1[N+](=O)[O-]. The zero-order valence-electron chi connectivity index (χ0n) is 19.5. The zero-order valence-corrected chi connectivity index (χ0v) is 19.5. The Balaban J connectivity index is 1.68. The lowest BCUT2D eigenvalue weighted by Crippen LogP contribution is -2.25. The molecule has 0 saturated heterocycles. The molecule has 33 heavy (non-hydrogen) atoms. The van der Waals surface area contributed by atoms with Crippen LogP contribution in [0.4, 0.5) is 17.2 Å². The summed E-state index contributed by atoms with van der Waals surface area (Å²) in [4.78, 5) is 22.1. The first kappa shape index (κ1) is 24.2. The topological polar surface area (TPSA) is 105 Å². The van der Waals surface area contributed by atoms with E-state index in [0.29, 0.717) is 42.1 Å². The van der Waals surface area contributed by atoms with Gasteiger partial charge < -0.3 is 20.3 Å². The number of hydrogen-bond donors (Lipinski definition) is 2. The molecule has 0 spiro atoms. The number of benzene rings is 2. The second-order valence-electron chi connectivity index (χ2n) is 7.63. The van der Waals surface area contributed by atoms with Crippen molar-refractivity contribution in [2.24, 2.45) is 0 Å². The Morgan fingerprint density at radius 2 is 1.91 bits per heavy atom. The van der Waals surface area contributed by atoms with Gasteiger partial charge in [0, 0.05) is 31.1 Å². The predicted octanol–water partition coefficient (Wildman–Crippen LogP) is 4.69. The van der Waals surface area contributed by atoms with E-state index in [4.69, 9.17) is 4.74 Å². The van der Waals surface area contributed by atoms with Crippen molar-refractivity contribution in [1.29, 1.82) is 0 Å². The van der Waals surface area contributed by atoms with Crippen LogP contribution in [0, 0.1) is 10.1 Å². The van der Waals surface area contributed by atoms with Crippen LogP contribution in [0.15, 0.2) is 42.7 Å². The highest BCUT2D eigenvalue weighted by molar-refractivity contribution is 5.94. The third-order valence-electron chi connectivity index (χ3n) is 5.46. The van der Waals surface area contributed by atoms with Crippen LogP contribution in [-0.4, -0.2) is 52.6 Å².